The van der Waals surface area contributed by atoms with E-state index in [1.54, 1.807) is 19.1 Å². The quantitative estimate of drug-likeness (QED) is 0.579. The summed E-state index contributed by atoms with van der Waals surface area (Å²) in [5, 5.41) is 0. The number of aryl methyl sites for hydroxylation is 1. The van der Waals surface area contributed by atoms with Crippen molar-refractivity contribution in [3.63, 3.8) is 0 Å². The summed E-state index contributed by atoms with van der Waals surface area (Å²) < 4.78 is 51.4. The standard InChI is InChI=1S/C15H10F4O/c1-9-2-10(8-20)4-11(3-9)12-5-13(15(17,18)19)7-14(16)6-12/h2-8H,1H3. The third-order valence-corrected chi connectivity index (χ3v) is 2.79. The minimum Gasteiger partial charge on any atom is -0.298 e. The first-order valence-corrected chi connectivity index (χ1v) is 5.74. The molecule has 0 aliphatic rings. The predicted octanol–water partition coefficient (Wildman–Crippen LogP) is 4.63. The van der Waals surface area contributed by atoms with Crippen molar-refractivity contribution in [3.05, 3.63) is 58.9 Å². The number of hydrogen-bond donors (Lipinski definition) is 0. The van der Waals surface area contributed by atoms with Gasteiger partial charge in [0.05, 0.1) is 5.56 Å². The molecule has 104 valence electrons. The number of carbonyl (C=O) groups excluding carboxylic acids is 1. The first-order chi connectivity index (χ1) is 9.29. The van der Waals surface area contributed by atoms with Gasteiger partial charge in [0.15, 0.2) is 0 Å². The second-order valence-corrected chi connectivity index (χ2v) is 4.48. The van der Waals surface area contributed by atoms with Gasteiger partial charge in [-0.1, -0.05) is 6.07 Å². The molecule has 0 N–H and O–H groups in total. The number of rotatable bonds is 2. The lowest BCUT2D eigenvalue weighted by atomic mass is 9.99. The summed E-state index contributed by atoms with van der Waals surface area (Å²) >= 11 is 0. The second kappa shape index (κ2) is 5.07. The van der Waals surface area contributed by atoms with E-state index in [9.17, 15) is 22.4 Å². The van der Waals surface area contributed by atoms with Gasteiger partial charge >= 0.3 is 6.18 Å². The van der Waals surface area contributed by atoms with Crippen LogP contribution in [0.25, 0.3) is 11.1 Å². The number of carbonyl (C=O) groups is 1. The Balaban J connectivity index is 2.61. The molecule has 0 heterocycles. The van der Waals surface area contributed by atoms with Gasteiger partial charge in [0.2, 0.25) is 0 Å². The fraction of sp³-hybridized carbons (Fsp3) is 0.133. The van der Waals surface area contributed by atoms with Crippen molar-refractivity contribution in [1.29, 1.82) is 0 Å². The highest BCUT2D eigenvalue weighted by molar-refractivity contribution is 5.79. The fourth-order valence-corrected chi connectivity index (χ4v) is 1.97. The Hall–Kier alpha value is -2.17. The Labute approximate surface area is 112 Å². The highest BCUT2D eigenvalue weighted by atomic mass is 19.4. The number of alkyl halides is 3. The van der Waals surface area contributed by atoms with Gasteiger partial charge in [-0.2, -0.15) is 13.2 Å². The van der Waals surface area contributed by atoms with E-state index in [1.165, 1.54) is 6.07 Å². The number of hydrogen-bond acceptors (Lipinski definition) is 1. The van der Waals surface area contributed by atoms with Crippen molar-refractivity contribution < 1.29 is 22.4 Å². The second-order valence-electron chi connectivity index (χ2n) is 4.48. The molecule has 0 spiro atoms. The van der Waals surface area contributed by atoms with Crippen LogP contribution in [-0.4, -0.2) is 6.29 Å². The van der Waals surface area contributed by atoms with Gasteiger partial charge in [-0.3, -0.25) is 4.79 Å². The molecule has 0 atom stereocenters. The Morgan fingerprint density at radius 2 is 1.60 bits per heavy atom. The van der Waals surface area contributed by atoms with Crippen LogP contribution in [0.5, 0.6) is 0 Å². The van der Waals surface area contributed by atoms with E-state index < -0.39 is 17.6 Å². The van der Waals surface area contributed by atoms with Crippen molar-refractivity contribution in [2.45, 2.75) is 13.1 Å². The molecule has 0 bridgehead atoms. The average Bonchev–Trinajstić information content (AvgIpc) is 2.36. The summed E-state index contributed by atoms with van der Waals surface area (Å²) in [6.07, 6.45) is -4.02. The molecule has 2 aromatic rings. The zero-order chi connectivity index (χ0) is 14.9. The van der Waals surface area contributed by atoms with E-state index >= 15 is 0 Å². The average molecular weight is 282 g/mol. The molecule has 0 aliphatic carbocycles. The molecular formula is C15H10F4O. The first-order valence-electron chi connectivity index (χ1n) is 5.74. The van der Waals surface area contributed by atoms with Crippen LogP contribution in [0, 0.1) is 12.7 Å². The van der Waals surface area contributed by atoms with Crippen molar-refractivity contribution in [2.24, 2.45) is 0 Å². The lowest BCUT2D eigenvalue weighted by Gasteiger charge is -2.10. The van der Waals surface area contributed by atoms with E-state index in [0.717, 1.165) is 12.1 Å². The van der Waals surface area contributed by atoms with Gasteiger partial charge in [0.1, 0.15) is 12.1 Å². The van der Waals surface area contributed by atoms with E-state index in [1.807, 2.05) is 0 Å². The number of aldehydes is 1. The Morgan fingerprint density at radius 1 is 0.950 bits per heavy atom. The van der Waals surface area contributed by atoms with Crippen LogP contribution >= 0.6 is 0 Å². The highest BCUT2D eigenvalue weighted by Gasteiger charge is 2.31. The molecule has 5 heteroatoms. The summed E-state index contributed by atoms with van der Waals surface area (Å²) in [4.78, 5) is 10.8. The zero-order valence-electron chi connectivity index (χ0n) is 10.5. The molecule has 0 aliphatic heterocycles. The summed E-state index contributed by atoms with van der Waals surface area (Å²) in [7, 11) is 0. The maximum Gasteiger partial charge on any atom is 0.416 e. The Bertz CT molecular complexity index is 659. The topological polar surface area (TPSA) is 17.1 Å². The lowest BCUT2D eigenvalue weighted by molar-refractivity contribution is -0.137. The van der Waals surface area contributed by atoms with Gasteiger partial charge in [-0.15, -0.1) is 0 Å². The van der Waals surface area contributed by atoms with Crippen LogP contribution in [-0.2, 0) is 6.18 Å². The summed E-state index contributed by atoms with van der Waals surface area (Å²) in [6.45, 7) is 1.71. The third-order valence-electron chi connectivity index (χ3n) is 2.79. The summed E-state index contributed by atoms with van der Waals surface area (Å²) in [5.41, 5.74) is 0.447. The predicted molar refractivity (Wildman–Crippen MR) is 67.0 cm³/mol. The molecule has 0 saturated carbocycles. The lowest BCUT2D eigenvalue weighted by Crippen LogP contribution is -2.05. The number of benzene rings is 2. The van der Waals surface area contributed by atoms with Gasteiger partial charge in [0, 0.05) is 5.56 Å². The van der Waals surface area contributed by atoms with Crippen molar-refractivity contribution in [3.8, 4) is 11.1 Å². The molecule has 0 fully saturated rings. The Kier molecular flexibility index (Phi) is 3.61. The SMILES string of the molecule is Cc1cc(C=O)cc(-c2cc(F)cc(C(F)(F)F)c2)c1. The molecule has 0 radical (unpaired) electrons. The molecule has 0 aromatic heterocycles. The molecule has 20 heavy (non-hydrogen) atoms. The first kappa shape index (κ1) is 14.2. The maximum absolute atomic E-state index is 13.4. The summed E-state index contributed by atoms with van der Waals surface area (Å²) in [6, 6.07) is 6.95. The van der Waals surface area contributed by atoms with Crippen molar-refractivity contribution in [2.75, 3.05) is 0 Å². The largest absolute Gasteiger partial charge is 0.416 e. The fourth-order valence-electron chi connectivity index (χ4n) is 1.97. The van der Waals surface area contributed by atoms with E-state index in [-0.39, 0.29) is 5.56 Å². The van der Waals surface area contributed by atoms with Crippen LogP contribution in [0.15, 0.2) is 36.4 Å². The van der Waals surface area contributed by atoms with Crippen LogP contribution < -0.4 is 0 Å². The van der Waals surface area contributed by atoms with Crippen LogP contribution in [0.4, 0.5) is 17.6 Å². The van der Waals surface area contributed by atoms with Gasteiger partial charge in [-0.05, 0) is 53.9 Å². The van der Waals surface area contributed by atoms with Crippen LogP contribution in [0.2, 0.25) is 0 Å². The van der Waals surface area contributed by atoms with E-state index in [4.69, 9.17) is 0 Å². The zero-order valence-corrected chi connectivity index (χ0v) is 10.5. The maximum atomic E-state index is 13.4. The molecule has 2 rings (SSSR count). The van der Waals surface area contributed by atoms with E-state index in [0.29, 0.717) is 29.0 Å². The van der Waals surface area contributed by atoms with Gasteiger partial charge in [-0.25, -0.2) is 4.39 Å². The van der Waals surface area contributed by atoms with E-state index in [2.05, 4.69) is 0 Å². The minimum atomic E-state index is -4.62. The van der Waals surface area contributed by atoms with Crippen LogP contribution in [0.1, 0.15) is 21.5 Å². The monoisotopic (exact) mass is 282 g/mol. The van der Waals surface area contributed by atoms with Crippen molar-refractivity contribution >= 4 is 6.29 Å². The summed E-state index contributed by atoms with van der Waals surface area (Å²) in [5.74, 6) is -0.969. The molecule has 1 nitrogen and oxygen atoms in total. The molecule has 0 amide bonds. The van der Waals surface area contributed by atoms with Crippen molar-refractivity contribution in [1.82, 2.24) is 0 Å². The normalized spacial score (nSPS) is 11.4. The van der Waals surface area contributed by atoms with Gasteiger partial charge in [0.25, 0.3) is 0 Å². The van der Waals surface area contributed by atoms with Crippen LogP contribution in [0.3, 0.4) is 0 Å². The molecular weight excluding hydrogens is 272 g/mol. The number of halogens is 4. The molecule has 0 unspecified atom stereocenters. The van der Waals surface area contributed by atoms with Gasteiger partial charge < -0.3 is 0 Å². The smallest absolute Gasteiger partial charge is 0.298 e. The highest BCUT2D eigenvalue weighted by Crippen LogP contribution is 2.33. The molecule has 2 aromatic carbocycles. The molecule has 0 saturated heterocycles. The third kappa shape index (κ3) is 3.04. The Morgan fingerprint density at radius 3 is 2.20 bits per heavy atom. The minimum absolute atomic E-state index is 0.0872.